The summed E-state index contributed by atoms with van der Waals surface area (Å²) in [6.45, 7) is 1.20. The van der Waals surface area contributed by atoms with Gasteiger partial charge in [0.05, 0.1) is 30.4 Å². The molecule has 0 bridgehead atoms. The molecule has 3 N–H and O–H groups in total. The lowest BCUT2D eigenvalue weighted by Crippen LogP contribution is -2.54. The molecule has 0 saturated carbocycles. The first-order valence-corrected chi connectivity index (χ1v) is 11.5. The zero-order chi connectivity index (χ0) is 23.7. The lowest BCUT2D eigenvalue weighted by molar-refractivity contribution is -0.158. The Bertz CT molecular complexity index is 986. The SMILES string of the molecule is COC(=O)C(F)C(C)(c1cc(Br)c(O)c(Br)c1)C(Oc1cc(Br)c(O)c(Br)c1)C(=O)O. The lowest BCUT2D eigenvalue weighted by atomic mass is 9.73. The molecule has 3 unspecified atom stereocenters. The Morgan fingerprint density at radius 3 is 1.77 bits per heavy atom. The molecule has 31 heavy (non-hydrogen) atoms. The van der Waals surface area contributed by atoms with Crippen LogP contribution in [0.3, 0.4) is 0 Å². The molecule has 0 aliphatic heterocycles. The molecule has 0 saturated heterocycles. The number of benzene rings is 2. The van der Waals surface area contributed by atoms with E-state index in [1.54, 1.807) is 0 Å². The topological polar surface area (TPSA) is 113 Å². The van der Waals surface area contributed by atoms with E-state index in [1.165, 1.54) is 31.2 Å². The zero-order valence-corrected chi connectivity index (χ0v) is 22.2. The molecule has 0 aliphatic carbocycles. The van der Waals surface area contributed by atoms with Crippen LogP contribution in [0.2, 0.25) is 0 Å². The average molecular weight is 694 g/mol. The van der Waals surface area contributed by atoms with E-state index in [0.29, 0.717) is 0 Å². The average Bonchev–Trinajstić information content (AvgIpc) is 2.71. The second-order valence-corrected chi connectivity index (χ2v) is 9.95. The number of hydrogen-bond donors (Lipinski definition) is 3. The molecule has 168 valence electrons. The van der Waals surface area contributed by atoms with E-state index in [0.717, 1.165) is 7.11 Å². The van der Waals surface area contributed by atoms with Crippen LogP contribution in [0.15, 0.2) is 42.2 Å². The summed E-state index contributed by atoms with van der Waals surface area (Å²) in [7, 11) is 0.975. The summed E-state index contributed by atoms with van der Waals surface area (Å²) in [5.74, 6) is -3.23. The molecular formula is C19H15Br4FO7. The van der Waals surface area contributed by atoms with Gasteiger partial charge >= 0.3 is 11.9 Å². The molecule has 0 aromatic heterocycles. The van der Waals surface area contributed by atoms with E-state index in [9.17, 15) is 24.9 Å². The van der Waals surface area contributed by atoms with Gasteiger partial charge in [0.15, 0.2) is 0 Å². The molecule has 0 spiro atoms. The van der Waals surface area contributed by atoms with Gasteiger partial charge in [-0.25, -0.2) is 14.0 Å². The van der Waals surface area contributed by atoms with Gasteiger partial charge in [-0.15, -0.1) is 0 Å². The number of esters is 1. The van der Waals surface area contributed by atoms with Crippen LogP contribution in [0.1, 0.15) is 12.5 Å². The van der Waals surface area contributed by atoms with Crippen molar-refractivity contribution in [3.63, 3.8) is 0 Å². The molecule has 0 fully saturated rings. The van der Waals surface area contributed by atoms with E-state index in [2.05, 4.69) is 68.5 Å². The Kier molecular flexibility index (Phi) is 8.39. The third-order valence-corrected chi connectivity index (χ3v) is 7.00. The van der Waals surface area contributed by atoms with Crippen molar-refractivity contribution in [2.75, 3.05) is 7.11 Å². The highest BCUT2D eigenvalue weighted by atomic mass is 79.9. The Hall–Kier alpha value is -1.37. The van der Waals surface area contributed by atoms with E-state index >= 15 is 4.39 Å². The molecule has 3 atom stereocenters. The van der Waals surface area contributed by atoms with Crippen LogP contribution >= 0.6 is 63.7 Å². The van der Waals surface area contributed by atoms with E-state index in [1.807, 2.05) is 0 Å². The Balaban J connectivity index is 2.72. The fourth-order valence-corrected chi connectivity index (χ4v) is 5.16. The Morgan fingerprint density at radius 1 is 0.968 bits per heavy atom. The standard InChI is InChI=1S/C19H15Br4FO7/c1-19(15(24)18(29)30-2,7-3-9(20)13(25)10(21)4-7)16(17(27)28)31-8-5-11(22)14(26)12(23)6-8/h3-6,15-16,25-26H,1-2H3,(H,27,28). The summed E-state index contributed by atoms with van der Waals surface area (Å²) in [6.07, 6.45) is -4.38. The van der Waals surface area contributed by atoms with Crippen LogP contribution in [-0.2, 0) is 19.7 Å². The molecule has 2 aromatic rings. The van der Waals surface area contributed by atoms with Crippen molar-refractivity contribution in [3.8, 4) is 17.2 Å². The normalized spacial score (nSPS) is 14.9. The molecular weight excluding hydrogens is 679 g/mol. The maximum Gasteiger partial charge on any atom is 0.345 e. The lowest BCUT2D eigenvalue weighted by Gasteiger charge is -2.37. The monoisotopic (exact) mass is 690 g/mol. The molecule has 2 rings (SSSR count). The van der Waals surface area contributed by atoms with Gasteiger partial charge in [0.2, 0.25) is 12.3 Å². The fraction of sp³-hybridized carbons (Fsp3) is 0.263. The number of carbonyl (C=O) groups excluding carboxylic acids is 1. The van der Waals surface area contributed by atoms with Crippen molar-refractivity contribution < 1.29 is 38.8 Å². The number of aromatic hydroxyl groups is 2. The molecule has 12 heteroatoms. The number of hydrogen-bond acceptors (Lipinski definition) is 6. The van der Waals surface area contributed by atoms with Crippen LogP contribution in [0.25, 0.3) is 0 Å². The predicted molar refractivity (Wildman–Crippen MR) is 123 cm³/mol. The second kappa shape index (κ2) is 10.1. The number of alkyl halides is 1. The van der Waals surface area contributed by atoms with E-state index < -0.39 is 29.6 Å². The fourth-order valence-electron chi connectivity index (χ4n) is 2.83. The summed E-state index contributed by atoms with van der Waals surface area (Å²) < 4.78 is 26.3. The van der Waals surface area contributed by atoms with Crippen LogP contribution in [0, 0.1) is 0 Å². The zero-order valence-electron chi connectivity index (χ0n) is 15.8. The van der Waals surface area contributed by atoms with Crippen molar-refractivity contribution in [3.05, 3.63) is 47.7 Å². The molecule has 0 aliphatic rings. The van der Waals surface area contributed by atoms with E-state index in [-0.39, 0.29) is 40.7 Å². The highest BCUT2D eigenvalue weighted by Crippen LogP contribution is 2.43. The van der Waals surface area contributed by atoms with Gasteiger partial charge < -0.3 is 24.8 Å². The molecule has 0 heterocycles. The van der Waals surface area contributed by atoms with Crippen molar-refractivity contribution >= 4 is 75.7 Å². The summed E-state index contributed by atoms with van der Waals surface area (Å²) in [6, 6.07) is 5.17. The number of carboxylic acids is 1. The minimum atomic E-state index is -2.45. The number of carboxylic acid groups (broad SMARTS) is 1. The first-order chi connectivity index (χ1) is 14.3. The summed E-state index contributed by atoms with van der Waals surface area (Å²) >= 11 is 12.5. The molecule has 2 aromatic carbocycles. The first-order valence-electron chi connectivity index (χ1n) is 8.32. The van der Waals surface area contributed by atoms with Crippen molar-refractivity contribution in [1.82, 2.24) is 0 Å². The highest BCUT2D eigenvalue weighted by Gasteiger charge is 2.53. The number of aliphatic carboxylic acids is 1. The summed E-state index contributed by atoms with van der Waals surface area (Å²) in [4.78, 5) is 24.4. The van der Waals surface area contributed by atoms with Crippen molar-refractivity contribution in [2.45, 2.75) is 24.6 Å². The number of phenolic OH excluding ortho intramolecular Hbond substituents is 2. The number of carbonyl (C=O) groups is 2. The Morgan fingerprint density at radius 2 is 1.39 bits per heavy atom. The quantitative estimate of drug-likeness (QED) is 0.331. The van der Waals surface area contributed by atoms with Crippen molar-refractivity contribution in [2.24, 2.45) is 0 Å². The van der Waals surface area contributed by atoms with Crippen LogP contribution in [-0.4, -0.2) is 46.6 Å². The Labute approximate surface area is 210 Å². The predicted octanol–water partition coefficient (Wildman–Crippen LogP) is 5.45. The first kappa shape index (κ1) is 25.9. The van der Waals surface area contributed by atoms with Gasteiger partial charge in [-0.2, -0.15) is 0 Å². The maximum absolute atomic E-state index is 15.5. The summed E-state index contributed by atoms with van der Waals surface area (Å²) in [5, 5.41) is 29.8. The minimum Gasteiger partial charge on any atom is -0.506 e. The smallest absolute Gasteiger partial charge is 0.345 e. The number of halogens is 5. The highest BCUT2D eigenvalue weighted by molar-refractivity contribution is 9.11. The third kappa shape index (κ3) is 5.18. The number of phenols is 2. The van der Waals surface area contributed by atoms with Gasteiger partial charge in [-0.1, -0.05) is 0 Å². The molecule has 7 nitrogen and oxygen atoms in total. The van der Waals surface area contributed by atoms with Crippen molar-refractivity contribution in [1.29, 1.82) is 0 Å². The van der Waals surface area contributed by atoms with E-state index in [4.69, 9.17) is 4.74 Å². The largest absolute Gasteiger partial charge is 0.506 e. The third-order valence-electron chi connectivity index (χ3n) is 4.59. The van der Waals surface area contributed by atoms with Gasteiger partial charge in [-0.3, -0.25) is 0 Å². The number of rotatable bonds is 7. The number of methoxy groups -OCH3 is 1. The van der Waals surface area contributed by atoms with Crippen LogP contribution in [0.5, 0.6) is 17.2 Å². The van der Waals surface area contributed by atoms with Gasteiger partial charge in [0.1, 0.15) is 17.2 Å². The van der Waals surface area contributed by atoms with Crippen LogP contribution < -0.4 is 4.74 Å². The number of ether oxygens (including phenoxy) is 2. The van der Waals surface area contributed by atoms with Gasteiger partial charge in [-0.05, 0) is 100 Å². The maximum atomic E-state index is 15.5. The molecule has 0 radical (unpaired) electrons. The minimum absolute atomic E-state index is 0.0239. The van der Waals surface area contributed by atoms with Gasteiger partial charge in [0, 0.05) is 0 Å². The van der Waals surface area contributed by atoms with Gasteiger partial charge in [0.25, 0.3) is 0 Å². The second-order valence-electron chi connectivity index (χ2n) is 6.53. The molecule has 0 amide bonds. The summed E-state index contributed by atoms with van der Waals surface area (Å²) in [5.41, 5.74) is -2.07. The van der Waals surface area contributed by atoms with Crippen LogP contribution in [0.4, 0.5) is 4.39 Å².